The average molecular weight is 440 g/mol. The van der Waals surface area contributed by atoms with E-state index in [4.69, 9.17) is 9.47 Å². The van der Waals surface area contributed by atoms with Crippen LogP contribution in [-0.4, -0.2) is 6.61 Å². The summed E-state index contributed by atoms with van der Waals surface area (Å²) < 4.78 is 12.9. The third kappa shape index (κ3) is 5.52. The summed E-state index contributed by atoms with van der Waals surface area (Å²) in [7, 11) is 0. The minimum absolute atomic E-state index is 0.507. The standard InChI is InChI=1S/C24H26BrNO2/c1-4-27-24-14-20(15-26-22-11-5-17(2)13-18(22)3)8-12-23(24)28-16-19-6-9-21(25)10-7-19/h5-14,26H,4,15-16H2,1-3H3. The highest BCUT2D eigenvalue weighted by Gasteiger charge is 2.08. The third-order valence-corrected chi connectivity index (χ3v) is 5.01. The lowest BCUT2D eigenvalue weighted by molar-refractivity contribution is 0.269. The summed E-state index contributed by atoms with van der Waals surface area (Å²) in [5, 5.41) is 3.51. The van der Waals surface area contributed by atoms with Gasteiger partial charge in [0.15, 0.2) is 11.5 Å². The van der Waals surface area contributed by atoms with E-state index in [1.54, 1.807) is 0 Å². The predicted molar refractivity (Wildman–Crippen MR) is 119 cm³/mol. The van der Waals surface area contributed by atoms with Gasteiger partial charge in [-0.2, -0.15) is 0 Å². The maximum atomic E-state index is 6.00. The minimum atomic E-state index is 0.507. The van der Waals surface area contributed by atoms with Gasteiger partial charge in [-0.3, -0.25) is 0 Å². The first-order chi connectivity index (χ1) is 13.5. The van der Waals surface area contributed by atoms with E-state index in [0.717, 1.165) is 39.3 Å². The van der Waals surface area contributed by atoms with Gasteiger partial charge in [0.05, 0.1) is 6.61 Å². The fraction of sp³-hybridized carbons (Fsp3) is 0.250. The Morgan fingerprint density at radius 1 is 0.821 bits per heavy atom. The summed E-state index contributed by atoms with van der Waals surface area (Å²) in [5.41, 5.74) is 5.94. The second-order valence-corrected chi connectivity index (χ2v) is 7.72. The number of aryl methyl sites for hydroxylation is 2. The summed E-state index contributed by atoms with van der Waals surface area (Å²) in [6.07, 6.45) is 0. The predicted octanol–water partition coefficient (Wildman–Crippen LogP) is 6.66. The van der Waals surface area contributed by atoms with E-state index in [1.165, 1.54) is 11.1 Å². The topological polar surface area (TPSA) is 30.5 Å². The van der Waals surface area contributed by atoms with Crippen LogP contribution in [0.15, 0.2) is 65.1 Å². The lowest BCUT2D eigenvalue weighted by Gasteiger charge is -2.15. The number of benzene rings is 3. The van der Waals surface area contributed by atoms with Crippen LogP contribution in [0.5, 0.6) is 11.5 Å². The van der Waals surface area contributed by atoms with Crippen LogP contribution in [0.4, 0.5) is 5.69 Å². The van der Waals surface area contributed by atoms with E-state index in [1.807, 2.05) is 37.3 Å². The summed E-state index contributed by atoms with van der Waals surface area (Å²) in [5.74, 6) is 1.54. The molecule has 1 N–H and O–H groups in total. The first-order valence-corrected chi connectivity index (χ1v) is 10.3. The molecule has 0 unspecified atom stereocenters. The van der Waals surface area contributed by atoms with Crippen molar-refractivity contribution in [2.24, 2.45) is 0 Å². The zero-order chi connectivity index (χ0) is 19.9. The molecule has 4 heteroatoms. The molecule has 0 radical (unpaired) electrons. The summed E-state index contributed by atoms with van der Waals surface area (Å²) in [6.45, 7) is 8.06. The van der Waals surface area contributed by atoms with E-state index in [0.29, 0.717) is 13.2 Å². The Balaban J connectivity index is 1.68. The van der Waals surface area contributed by atoms with Crippen LogP contribution in [0.2, 0.25) is 0 Å². The van der Waals surface area contributed by atoms with E-state index >= 15 is 0 Å². The molecule has 3 nitrogen and oxygen atoms in total. The van der Waals surface area contributed by atoms with Gasteiger partial charge in [0.25, 0.3) is 0 Å². The fourth-order valence-corrected chi connectivity index (χ4v) is 3.27. The molecule has 0 spiro atoms. The maximum absolute atomic E-state index is 6.00. The van der Waals surface area contributed by atoms with Crippen LogP contribution in [-0.2, 0) is 13.2 Å². The van der Waals surface area contributed by atoms with Crippen molar-refractivity contribution < 1.29 is 9.47 Å². The van der Waals surface area contributed by atoms with Gasteiger partial charge < -0.3 is 14.8 Å². The molecular weight excluding hydrogens is 414 g/mol. The Kier molecular flexibility index (Phi) is 6.99. The van der Waals surface area contributed by atoms with Crippen LogP contribution in [0, 0.1) is 13.8 Å². The summed E-state index contributed by atoms with van der Waals surface area (Å²) >= 11 is 3.45. The van der Waals surface area contributed by atoms with Crippen molar-refractivity contribution in [2.75, 3.05) is 11.9 Å². The zero-order valence-corrected chi connectivity index (χ0v) is 18.2. The molecule has 0 saturated carbocycles. The number of hydrogen-bond acceptors (Lipinski definition) is 3. The van der Waals surface area contributed by atoms with Crippen molar-refractivity contribution in [3.8, 4) is 11.5 Å². The molecule has 0 bridgehead atoms. The number of nitrogens with one attached hydrogen (secondary N) is 1. The molecule has 3 rings (SSSR count). The van der Waals surface area contributed by atoms with Gasteiger partial charge in [-0.25, -0.2) is 0 Å². The number of halogens is 1. The Bertz CT molecular complexity index is 922. The van der Waals surface area contributed by atoms with Gasteiger partial charge in [-0.15, -0.1) is 0 Å². The van der Waals surface area contributed by atoms with Crippen molar-refractivity contribution in [3.63, 3.8) is 0 Å². The molecule has 0 heterocycles. The Morgan fingerprint density at radius 2 is 1.57 bits per heavy atom. The van der Waals surface area contributed by atoms with Crippen molar-refractivity contribution in [1.82, 2.24) is 0 Å². The fourth-order valence-electron chi connectivity index (χ4n) is 3.00. The first-order valence-electron chi connectivity index (χ1n) is 9.49. The normalized spacial score (nSPS) is 10.6. The summed E-state index contributed by atoms with van der Waals surface area (Å²) in [4.78, 5) is 0. The molecule has 0 atom stereocenters. The van der Waals surface area contributed by atoms with Gasteiger partial charge in [-0.05, 0) is 67.8 Å². The SMILES string of the molecule is CCOc1cc(CNc2ccc(C)cc2C)ccc1OCc1ccc(Br)cc1. The molecule has 3 aromatic carbocycles. The Hall–Kier alpha value is -2.46. The lowest BCUT2D eigenvalue weighted by Crippen LogP contribution is -2.04. The lowest BCUT2D eigenvalue weighted by atomic mass is 10.1. The van der Waals surface area contributed by atoms with Crippen LogP contribution >= 0.6 is 15.9 Å². The number of hydrogen-bond donors (Lipinski definition) is 1. The molecule has 0 aromatic heterocycles. The smallest absolute Gasteiger partial charge is 0.161 e. The number of ether oxygens (including phenoxy) is 2. The van der Waals surface area contributed by atoms with E-state index in [9.17, 15) is 0 Å². The molecule has 0 aliphatic carbocycles. The Morgan fingerprint density at radius 3 is 2.29 bits per heavy atom. The third-order valence-electron chi connectivity index (χ3n) is 4.48. The van der Waals surface area contributed by atoms with E-state index < -0.39 is 0 Å². The van der Waals surface area contributed by atoms with E-state index in [2.05, 4.69) is 65.4 Å². The van der Waals surface area contributed by atoms with Gasteiger partial charge >= 0.3 is 0 Å². The Labute approximate surface area is 175 Å². The highest BCUT2D eigenvalue weighted by atomic mass is 79.9. The maximum Gasteiger partial charge on any atom is 0.161 e. The van der Waals surface area contributed by atoms with Gasteiger partial charge in [0.1, 0.15) is 6.61 Å². The molecule has 28 heavy (non-hydrogen) atoms. The van der Waals surface area contributed by atoms with Crippen LogP contribution < -0.4 is 14.8 Å². The first kappa shape index (κ1) is 20.3. The number of anilines is 1. The minimum Gasteiger partial charge on any atom is -0.490 e. The quantitative estimate of drug-likeness (QED) is 0.425. The highest BCUT2D eigenvalue weighted by molar-refractivity contribution is 9.10. The molecular formula is C24H26BrNO2. The van der Waals surface area contributed by atoms with Crippen LogP contribution in [0.3, 0.4) is 0 Å². The van der Waals surface area contributed by atoms with Gasteiger partial charge in [0.2, 0.25) is 0 Å². The zero-order valence-electron chi connectivity index (χ0n) is 16.6. The molecule has 146 valence electrons. The van der Waals surface area contributed by atoms with E-state index in [-0.39, 0.29) is 0 Å². The molecule has 0 saturated heterocycles. The monoisotopic (exact) mass is 439 g/mol. The van der Waals surface area contributed by atoms with Crippen LogP contribution in [0.1, 0.15) is 29.2 Å². The van der Waals surface area contributed by atoms with Crippen LogP contribution in [0.25, 0.3) is 0 Å². The molecule has 0 amide bonds. The van der Waals surface area contributed by atoms with Gasteiger partial charge in [0, 0.05) is 16.7 Å². The second kappa shape index (κ2) is 9.65. The highest BCUT2D eigenvalue weighted by Crippen LogP contribution is 2.30. The second-order valence-electron chi connectivity index (χ2n) is 6.80. The largest absolute Gasteiger partial charge is 0.490 e. The summed E-state index contributed by atoms with van der Waals surface area (Å²) in [6, 6.07) is 20.7. The van der Waals surface area contributed by atoms with Crippen molar-refractivity contribution in [3.05, 3.63) is 87.4 Å². The van der Waals surface area contributed by atoms with Crippen molar-refractivity contribution in [1.29, 1.82) is 0 Å². The molecule has 3 aromatic rings. The van der Waals surface area contributed by atoms with Gasteiger partial charge in [-0.1, -0.05) is 51.8 Å². The molecule has 0 aliphatic rings. The number of rotatable bonds is 8. The van der Waals surface area contributed by atoms with Crippen molar-refractivity contribution in [2.45, 2.75) is 33.9 Å². The average Bonchev–Trinajstić information content (AvgIpc) is 2.68. The molecule has 0 fully saturated rings. The molecule has 0 aliphatic heterocycles. The van der Waals surface area contributed by atoms with Crippen molar-refractivity contribution >= 4 is 21.6 Å².